The average Bonchev–Trinajstić information content (AvgIpc) is 3.14. The van der Waals surface area contributed by atoms with Gasteiger partial charge in [0.05, 0.1) is 12.5 Å². The monoisotopic (exact) mass is 440 g/mol. The number of pyridine rings is 1. The molecule has 4 rings (SSSR count). The maximum absolute atomic E-state index is 13.8. The zero-order chi connectivity index (χ0) is 21.7. The number of nitrogens with zero attached hydrogens (tertiary/aromatic N) is 4. The van der Waals surface area contributed by atoms with Crippen LogP contribution in [0.5, 0.6) is 0 Å². The Balaban J connectivity index is 1.72. The summed E-state index contributed by atoms with van der Waals surface area (Å²) in [5.41, 5.74) is 2.37. The smallest absolute Gasteiger partial charge is 0.344 e. The van der Waals surface area contributed by atoms with Gasteiger partial charge in [0.15, 0.2) is 5.65 Å². The number of allylic oxidation sites excluding steroid dienone is 3. The molecule has 2 N–H and O–H groups in total. The van der Waals surface area contributed by atoms with Crippen molar-refractivity contribution in [3.8, 4) is 0 Å². The van der Waals surface area contributed by atoms with Gasteiger partial charge in [-0.3, -0.25) is 5.10 Å². The van der Waals surface area contributed by atoms with E-state index >= 15 is 0 Å². The van der Waals surface area contributed by atoms with Crippen LogP contribution in [-0.2, 0) is 10.0 Å². The number of H-pyrrole nitrogens is 1. The van der Waals surface area contributed by atoms with E-state index < -0.39 is 28.8 Å². The molecule has 1 atom stereocenters. The largest absolute Gasteiger partial charge is 0.410 e. The fourth-order valence-electron chi connectivity index (χ4n) is 3.65. The van der Waals surface area contributed by atoms with Crippen molar-refractivity contribution in [1.29, 1.82) is 0 Å². The van der Waals surface area contributed by atoms with E-state index in [0.29, 0.717) is 16.9 Å². The zero-order valence-electron chi connectivity index (χ0n) is 15.9. The molecule has 1 saturated heterocycles. The van der Waals surface area contributed by atoms with Gasteiger partial charge < -0.3 is 10.2 Å². The lowest BCUT2D eigenvalue weighted by Crippen LogP contribution is -2.60. The van der Waals surface area contributed by atoms with Gasteiger partial charge >= 0.3 is 6.18 Å². The Bertz CT molecular complexity index is 1170. The van der Waals surface area contributed by atoms with Crippen LogP contribution in [0.25, 0.3) is 16.6 Å². The minimum Gasteiger partial charge on any atom is -0.344 e. The molecule has 0 amide bonds. The van der Waals surface area contributed by atoms with Gasteiger partial charge in [-0.2, -0.15) is 22.6 Å². The van der Waals surface area contributed by atoms with Crippen LogP contribution < -0.4 is 5.32 Å². The van der Waals surface area contributed by atoms with E-state index in [4.69, 9.17) is 0 Å². The van der Waals surface area contributed by atoms with Gasteiger partial charge in [0.2, 0.25) is 10.0 Å². The van der Waals surface area contributed by atoms with Crippen molar-refractivity contribution in [2.24, 2.45) is 0 Å². The van der Waals surface area contributed by atoms with E-state index in [-0.39, 0.29) is 18.9 Å². The summed E-state index contributed by atoms with van der Waals surface area (Å²) in [7, 11) is -3.74. The molecule has 0 bridgehead atoms. The molecule has 2 aromatic rings. The van der Waals surface area contributed by atoms with Crippen LogP contribution in [0, 0.1) is 0 Å². The summed E-state index contributed by atoms with van der Waals surface area (Å²) in [6, 6.07) is -0.238. The minimum atomic E-state index is -4.62. The first kappa shape index (κ1) is 20.4. The Morgan fingerprint density at radius 2 is 2.03 bits per heavy atom. The number of aromatic amines is 1. The quantitative estimate of drug-likeness (QED) is 0.756. The van der Waals surface area contributed by atoms with E-state index in [1.807, 2.05) is 0 Å². The number of hydrogen-bond acceptors (Lipinski definition) is 6. The third kappa shape index (κ3) is 3.79. The van der Waals surface area contributed by atoms with Gasteiger partial charge in [-0.1, -0.05) is 6.58 Å². The highest BCUT2D eigenvalue weighted by molar-refractivity contribution is 7.88. The second kappa shape index (κ2) is 7.13. The molecule has 160 valence electrons. The molecule has 2 aliphatic rings. The standard InChI is InChI=1S/C18H19F3N6O2S/c1-11-7-12(13-3-4-22-17-14(13)9-23-25-17)8-16(24-11)27-6-5-26(30(2,28)29)10-15(27)18(19,20)21/h3-4,7-9,15,24H,1,5-6,10H2,2H3,(H,22,23,25). The second-order valence-electron chi connectivity index (χ2n) is 7.14. The van der Waals surface area contributed by atoms with Crippen LogP contribution in [0.4, 0.5) is 13.2 Å². The molecule has 1 unspecified atom stereocenters. The summed E-state index contributed by atoms with van der Waals surface area (Å²) in [5, 5.41) is 10.3. The summed E-state index contributed by atoms with van der Waals surface area (Å²) >= 11 is 0. The summed E-state index contributed by atoms with van der Waals surface area (Å²) in [5.74, 6) is 0.210. The summed E-state index contributed by atoms with van der Waals surface area (Å²) in [6.07, 6.45) is 2.80. The third-order valence-electron chi connectivity index (χ3n) is 5.08. The predicted octanol–water partition coefficient (Wildman–Crippen LogP) is 1.81. The molecule has 0 aromatic carbocycles. The van der Waals surface area contributed by atoms with Crippen LogP contribution in [-0.4, -0.2) is 70.9 Å². The number of piperazine rings is 1. The number of alkyl halides is 3. The van der Waals surface area contributed by atoms with Crippen molar-refractivity contribution in [1.82, 2.24) is 29.7 Å². The number of halogens is 3. The van der Waals surface area contributed by atoms with Crippen molar-refractivity contribution >= 4 is 26.6 Å². The number of aromatic nitrogens is 3. The average molecular weight is 440 g/mol. The minimum absolute atomic E-state index is 0.0445. The SMILES string of the molecule is C=C1C=C(c2ccnc3[nH]ncc23)C=C(N2CCN(S(C)(=O)=O)CC2C(F)(F)F)N1. The van der Waals surface area contributed by atoms with Gasteiger partial charge in [0.25, 0.3) is 0 Å². The molecule has 0 radical (unpaired) electrons. The van der Waals surface area contributed by atoms with Gasteiger partial charge in [0, 0.05) is 36.9 Å². The van der Waals surface area contributed by atoms with Crippen LogP contribution in [0.15, 0.2) is 48.7 Å². The van der Waals surface area contributed by atoms with Crippen LogP contribution in [0.2, 0.25) is 0 Å². The Morgan fingerprint density at radius 1 is 1.27 bits per heavy atom. The predicted molar refractivity (Wildman–Crippen MR) is 105 cm³/mol. The van der Waals surface area contributed by atoms with Gasteiger partial charge in [-0.15, -0.1) is 0 Å². The van der Waals surface area contributed by atoms with E-state index in [0.717, 1.165) is 26.4 Å². The molecule has 12 heteroatoms. The van der Waals surface area contributed by atoms with E-state index in [1.54, 1.807) is 30.6 Å². The molecule has 8 nitrogen and oxygen atoms in total. The fraction of sp³-hybridized carbons (Fsp3) is 0.333. The maximum Gasteiger partial charge on any atom is 0.410 e. The zero-order valence-corrected chi connectivity index (χ0v) is 16.8. The van der Waals surface area contributed by atoms with Crippen molar-refractivity contribution in [3.05, 3.63) is 54.3 Å². The summed E-state index contributed by atoms with van der Waals surface area (Å²) < 4.78 is 65.9. The maximum atomic E-state index is 13.8. The lowest BCUT2D eigenvalue weighted by molar-refractivity contribution is -0.187. The first-order valence-electron chi connectivity index (χ1n) is 9.00. The molecule has 2 aliphatic heterocycles. The fourth-order valence-corrected chi connectivity index (χ4v) is 4.48. The lowest BCUT2D eigenvalue weighted by atomic mass is 10.00. The number of nitrogens with one attached hydrogen (secondary N) is 2. The van der Waals surface area contributed by atoms with Crippen LogP contribution in [0.1, 0.15) is 5.56 Å². The molecular weight excluding hydrogens is 421 g/mol. The van der Waals surface area contributed by atoms with Gasteiger partial charge in [0.1, 0.15) is 11.9 Å². The highest BCUT2D eigenvalue weighted by atomic mass is 32.2. The number of hydrogen-bond donors (Lipinski definition) is 2. The molecular formula is C18H19F3N6O2S. The topological polar surface area (TPSA) is 94.2 Å². The van der Waals surface area contributed by atoms with Crippen molar-refractivity contribution in [3.63, 3.8) is 0 Å². The summed E-state index contributed by atoms with van der Waals surface area (Å²) in [6.45, 7) is 3.03. The summed E-state index contributed by atoms with van der Waals surface area (Å²) in [4.78, 5) is 5.32. The lowest BCUT2D eigenvalue weighted by Gasteiger charge is -2.44. The highest BCUT2D eigenvalue weighted by Gasteiger charge is 2.48. The van der Waals surface area contributed by atoms with Gasteiger partial charge in [-0.05, 0) is 29.4 Å². The third-order valence-corrected chi connectivity index (χ3v) is 6.34. The highest BCUT2D eigenvalue weighted by Crippen LogP contribution is 2.34. The van der Waals surface area contributed by atoms with Crippen LogP contribution >= 0.6 is 0 Å². The number of rotatable bonds is 3. The van der Waals surface area contributed by atoms with Crippen molar-refractivity contribution in [2.75, 3.05) is 25.9 Å². The first-order chi connectivity index (χ1) is 14.0. The number of fused-ring (bicyclic) bond motifs is 1. The molecule has 2 aromatic heterocycles. The first-order valence-corrected chi connectivity index (χ1v) is 10.8. The number of sulfonamides is 1. The van der Waals surface area contributed by atoms with E-state index in [2.05, 4.69) is 27.1 Å². The van der Waals surface area contributed by atoms with Crippen molar-refractivity contribution in [2.45, 2.75) is 12.2 Å². The molecule has 0 aliphatic carbocycles. The van der Waals surface area contributed by atoms with Crippen molar-refractivity contribution < 1.29 is 21.6 Å². The Hall–Kier alpha value is -2.86. The van der Waals surface area contributed by atoms with Gasteiger partial charge in [-0.25, -0.2) is 13.4 Å². The molecule has 30 heavy (non-hydrogen) atoms. The van der Waals surface area contributed by atoms with E-state index in [9.17, 15) is 21.6 Å². The van der Waals surface area contributed by atoms with E-state index in [1.165, 1.54) is 0 Å². The normalized spacial score (nSPS) is 21.4. The Morgan fingerprint density at radius 3 is 2.73 bits per heavy atom. The molecule has 0 saturated carbocycles. The molecule has 4 heterocycles. The molecule has 0 spiro atoms. The molecule has 1 fully saturated rings. The Labute approximate surface area is 170 Å². The van der Waals surface area contributed by atoms with Crippen LogP contribution in [0.3, 0.4) is 0 Å². The number of dihydropyridines is 1. The Kier molecular flexibility index (Phi) is 4.85. The second-order valence-corrected chi connectivity index (χ2v) is 9.12.